The lowest BCUT2D eigenvalue weighted by molar-refractivity contribution is 0.0158. The van der Waals surface area contributed by atoms with E-state index in [0.29, 0.717) is 32.5 Å². The van der Waals surface area contributed by atoms with Crippen LogP contribution < -0.4 is 5.32 Å². The molecule has 1 saturated heterocycles. The highest BCUT2D eigenvalue weighted by molar-refractivity contribution is 4.82. The van der Waals surface area contributed by atoms with E-state index in [4.69, 9.17) is 14.2 Å². The lowest BCUT2D eigenvalue weighted by Crippen LogP contribution is -2.48. The van der Waals surface area contributed by atoms with Gasteiger partial charge >= 0.3 is 0 Å². The largest absolute Gasteiger partial charge is 0.382 e. The first-order chi connectivity index (χ1) is 9.77. The second-order valence-electron chi connectivity index (χ2n) is 5.45. The second kappa shape index (κ2) is 11.5. The molecule has 0 amide bonds. The standard InChI is InChI=1S/C15H32N2O3/c1-4-16-15-5-6-17(13-14(15)2)7-8-19-11-12-20-10-9-18-3/h14-16H,4-13H2,1-3H3. The van der Waals surface area contributed by atoms with Crippen molar-refractivity contribution in [3.05, 3.63) is 0 Å². The molecular formula is C15H32N2O3. The van der Waals surface area contributed by atoms with E-state index in [0.717, 1.165) is 25.6 Å². The number of hydrogen-bond acceptors (Lipinski definition) is 5. The second-order valence-corrected chi connectivity index (χ2v) is 5.45. The third-order valence-electron chi connectivity index (χ3n) is 3.81. The first-order valence-corrected chi connectivity index (χ1v) is 7.88. The van der Waals surface area contributed by atoms with E-state index in [1.54, 1.807) is 7.11 Å². The van der Waals surface area contributed by atoms with Crippen LogP contribution in [0.2, 0.25) is 0 Å². The zero-order valence-electron chi connectivity index (χ0n) is 13.4. The summed E-state index contributed by atoms with van der Waals surface area (Å²) < 4.78 is 15.9. The maximum Gasteiger partial charge on any atom is 0.0701 e. The van der Waals surface area contributed by atoms with Crippen molar-refractivity contribution in [2.45, 2.75) is 26.3 Å². The third-order valence-corrected chi connectivity index (χ3v) is 3.81. The molecule has 20 heavy (non-hydrogen) atoms. The molecule has 2 unspecified atom stereocenters. The van der Waals surface area contributed by atoms with Gasteiger partial charge in [0.05, 0.1) is 33.0 Å². The van der Waals surface area contributed by atoms with Gasteiger partial charge in [0.25, 0.3) is 0 Å². The van der Waals surface area contributed by atoms with Crippen LogP contribution in [-0.4, -0.2) is 77.3 Å². The Hall–Kier alpha value is -0.200. The van der Waals surface area contributed by atoms with Crippen LogP contribution in [0, 0.1) is 5.92 Å². The smallest absolute Gasteiger partial charge is 0.0701 e. The van der Waals surface area contributed by atoms with Crippen LogP contribution in [-0.2, 0) is 14.2 Å². The summed E-state index contributed by atoms with van der Waals surface area (Å²) >= 11 is 0. The van der Waals surface area contributed by atoms with Crippen molar-refractivity contribution in [3.63, 3.8) is 0 Å². The summed E-state index contributed by atoms with van der Waals surface area (Å²) in [4.78, 5) is 2.50. The summed E-state index contributed by atoms with van der Waals surface area (Å²) in [5, 5.41) is 3.57. The highest BCUT2D eigenvalue weighted by Crippen LogP contribution is 2.16. The number of nitrogens with zero attached hydrogens (tertiary/aromatic N) is 1. The number of ether oxygens (including phenoxy) is 3. The van der Waals surface area contributed by atoms with Crippen molar-refractivity contribution in [3.8, 4) is 0 Å². The van der Waals surface area contributed by atoms with Crippen molar-refractivity contribution < 1.29 is 14.2 Å². The summed E-state index contributed by atoms with van der Waals surface area (Å²) in [7, 11) is 1.68. The van der Waals surface area contributed by atoms with Gasteiger partial charge in [0.15, 0.2) is 0 Å². The SMILES string of the molecule is CCNC1CCN(CCOCCOCCOC)CC1C. The van der Waals surface area contributed by atoms with Crippen molar-refractivity contribution in [2.75, 3.05) is 66.3 Å². The van der Waals surface area contributed by atoms with E-state index in [1.807, 2.05) is 0 Å². The number of rotatable bonds is 11. The zero-order chi connectivity index (χ0) is 14.6. The van der Waals surface area contributed by atoms with Crippen LogP contribution in [0.25, 0.3) is 0 Å². The molecular weight excluding hydrogens is 256 g/mol. The monoisotopic (exact) mass is 288 g/mol. The molecule has 5 nitrogen and oxygen atoms in total. The molecule has 1 aliphatic rings. The molecule has 0 radical (unpaired) electrons. The van der Waals surface area contributed by atoms with Gasteiger partial charge in [-0.3, -0.25) is 0 Å². The van der Waals surface area contributed by atoms with Gasteiger partial charge in [-0.25, -0.2) is 0 Å². The number of likely N-dealkylation sites (tertiary alicyclic amines) is 1. The van der Waals surface area contributed by atoms with Crippen LogP contribution >= 0.6 is 0 Å². The highest BCUT2D eigenvalue weighted by atomic mass is 16.5. The minimum absolute atomic E-state index is 0.648. The quantitative estimate of drug-likeness (QED) is 0.574. The number of hydrogen-bond donors (Lipinski definition) is 1. The van der Waals surface area contributed by atoms with Gasteiger partial charge in [-0.05, 0) is 25.4 Å². The fourth-order valence-electron chi connectivity index (χ4n) is 2.66. The van der Waals surface area contributed by atoms with Crippen molar-refractivity contribution in [1.82, 2.24) is 10.2 Å². The molecule has 5 heteroatoms. The Kier molecular flexibility index (Phi) is 10.2. The normalized spacial score (nSPS) is 24.1. The van der Waals surface area contributed by atoms with E-state index in [9.17, 15) is 0 Å². The average Bonchev–Trinajstić information content (AvgIpc) is 2.45. The van der Waals surface area contributed by atoms with Gasteiger partial charge in [-0.2, -0.15) is 0 Å². The predicted octanol–water partition coefficient (Wildman–Crippen LogP) is 0.986. The average molecular weight is 288 g/mol. The van der Waals surface area contributed by atoms with E-state index in [1.165, 1.54) is 19.5 Å². The molecule has 0 bridgehead atoms. The molecule has 120 valence electrons. The Morgan fingerprint density at radius 3 is 2.45 bits per heavy atom. The van der Waals surface area contributed by atoms with Crippen molar-refractivity contribution in [2.24, 2.45) is 5.92 Å². The summed E-state index contributed by atoms with van der Waals surface area (Å²) in [5.41, 5.74) is 0. The van der Waals surface area contributed by atoms with Gasteiger partial charge in [0.1, 0.15) is 0 Å². The first-order valence-electron chi connectivity index (χ1n) is 7.88. The molecule has 0 spiro atoms. The molecule has 0 saturated carbocycles. The van der Waals surface area contributed by atoms with Gasteiger partial charge in [0.2, 0.25) is 0 Å². The number of methoxy groups -OCH3 is 1. The van der Waals surface area contributed by atoms with Crippen molar-refractivity contribution in [1.29, 1.82) is 0 Å². The van der Waals surface area contributed by atoms with E-state index in [-0.39, 0.29) is 0 Å². The maximum absolute atomic E-state index is 5.60. The van der Waals surface area contributed by atoms with Crippen LogP contribution in [0.3, 0.4) is 0 Å². The summed E-state index contributed by atoms with van der Waals surface area (Å²) in [5.74, 6) is 0.723. The Morgan fingerprint density at radius 2 is 1.80 bits per heavy atom. The van der Waals surface area contributed by atoms with Gasteiger partial charge in [0, 0.05) is 26.2 Å². The third kappa shape index (κ3) is 7.55. The molecule has 1 N–H and O–H groups in total. The molecule has 2 atom stereocenters. The maximum atomic E-state index is 5.60. The number of nitrogens with one attached hydrogen (secondary N) is 1. The van der Waals surface area contributed by atoms with E-state index >= 15 is 0 Å². The minimum atomic E-state index is 0.648. The molecule has 1 aliphatic heterocycles. The molecule has 0 aromatic rings. The predicted molar refractivity (Wildman–Crippen MR) is 81.2 cm³/mol. The molecule has 0 aliphatic carbocycles. The molecule has 0 aromatic carbocycles. The molecule has 1 heterocycles. The molecule has 1 fully saturated rings. The van der Waals surface area contributed by atoms with Crippen LogP contribution in [0.1, 0.15) is 20.3 Å². The lowest BCUT2D eigenvalue weighted by Gasteiger charge is -2.37. The fraction of sp³-hybridized carbons (Fsp3) is 1.00. The fourth-order valence-corrected chi connectivity index (χ4v) is 2.66. The van der Waals surface area contributed by atoms with Crippen LogP contribution in [0.4, 0.5) is 0 Å². The van der Waals surface area contributed by atoms with Crippen LogP contribution in [0.5, 0.6) is 0 Å². The number of piperidine rings is 1. The Bertz CT molecular complexity index is 229. The van der Waals surface area contributed by atoms with Gasteiger partial charge in [-0.1, -0.05) is 13.8 Å². The Labute approximate surface area is 123 Å². The Morgan fingerprint density at radius 1 is 1.10 bits per heavy atom. The lowest BCUT2D eigenvalue weighted by atomic mass is 9.94. The van der Waals surface area contributed by atoms with Crippen LogP contribution in [0.15, 0.2) is 0 Å². The minimum Gasteiger partial charge on any atom is -0.382 e. The van der Waals surface area contributed by atoms with E-state index in [2.05, 4.69) is 24.1 Å². The zero-order valence-corrected chi connectivity index (χ0v) is 13.4. The summed E-state index contributed by atoms with van der Waals surface area (Å²) in [6, 6.07) is 0.686. The topological polar surface area (TPSA) is 43.0 Å². The van der Waals surface area contributed by atoms with Crippen molar-refractivity contribution >= 4 is 0 Å². The molecule has 0 aromatic heterocycles. The van der Waals surface area contributed by atoms with Gasteiger partial charge < -0.3 is 24.4 Å². The summed E-state index contributed by atoms with van der Waals surface area (Å²) in [6.45, 7) is 12.4. The Balaban J connectivity index is 1.95. The highest BCUT2D eigenvalue weighted by Gasteiger charge is 2.24. The molecule has 1 rings (SSSR count). The van der Waals surface area contributed by atoms with E-state index < -0.39 is 0 Å². The summed E-state index contributed by atoms with van der Waals surface area (Å²) in [6.07, 6.45) is 1.25. The first kappa shape index (κ1) is 17.9. The van der Waals surface area contributed by atoms with Gasteiger partial charge in [-0.15, -0.1) is 0 Å².